The minimum atomic E-state index is 0.641. The lowest BCUT2D eigenvalue weighted by Gasteiger charge is -2.32. The summed E-state index contributed by atoms with van der Waals surface area (Å²) in [6.45, 7) is 7.93. The number of morpholine rings is 1. The van der Waals surface area contributed by atoms with E-state index < -0.39 is 0 Å². The van der Waals surface area contributed by atoms with Crippen LogP contribution in [0.4, 0.5) is 5.69 Å². The van der Waals surface area contributed by atoms with Crippen molar-refractivity contribution in [2.75, 3.05) is 64.8 Å². The van der Waals surface area contributed by atoms with Gasteiger partial charge in [0.25, 0.3) is 0 Å². The molecule has 0 aliphatic carbocycles. The number of hydrogen-bond donors (Lipinski definition) is 2. The molecule has 0 bridgehead atoms. The summed E-state index contributed by atoms with van der Waals surface area (Å²) in [5, 5.41) is 6.96. The number of nitrogens with zero attached hydrogens (tertiary/aromatic N) is 3. The Hall–Kier alpha value is -1.79. The first kappa shape index (κ1) is 18.0. The number of hydrogen-bond acceptors (Lipinski definition) is 4. The molecule has 3 rings (SSSR count). The van der Waals surface area contributed by atoms with Gasteiger partial charge in [-0.05, 0) is 25.0 Å². The molecule has 0 amide bonds. The first-order valence-electron chi connectivity index (χ1n) is 9.43. The molecule has 1 unspecified atom stereocenters. The van der Waals surface area contributed by atoms with E-state index in [-0.39, 0.29) is 0 Å². The second kappa shape index (κ2) is 9.63. The van der Waals surface area contributed by atoms with Gasteiger partial charge in [-0.3, -0.25) is 9.89 Å². The van der Waals surface area contributed by atoms with E-state index in [0.717, 1.165) is 64.9 Å². The molecule has 0 aromatic heterocycles. The second-order valence-corrected chi connectivity index (χ2v) is 6.66. The van der Waals surface area contributed by atoms with Crippen molar-refractivity contribution < 1.29 is 4.74 Å². The maximum Gasteiger partial charge on any atom is 0.193 e. The predicted octanol–water partition coefficient (Wildman–Crippen LogP) is 1.47. The van der Waals surface area contributed by atoms with Crippen LogP contribution in [0.25, 0.3) is 0 Å². The maximum absolute atomic E-state index is 5.47. The number of rotatable bonds is 6. The van der Waals surface area contributed by atoms with Gasteiger partial charge in [0.1, 0.15) is 0 Å². The Kier molecular flexibility index (Phi) is 6.94. The zero-order valence-corrected chi connectivity index (χ0v) is 15.3. The summed E-state index contributed by atoms with van der Waals surface area (Å²) < 4.78 is 5.47. The molecule has 6 heteroatoms. The summed E-state index contributed by atoms with van der Waals surface area (Å²) in [6.07, 6.45) is 2.28. The molecule has 0 spiro atoms. The predicted molar refractivity (Wildman–Crippen MR) is 103 cm³/mol. The summed E-state index contributed by atoms with van der Waals surface area (Å²) in [5.41, 5.74) is 1.18. The van der Waals surface area contributed by atoms with Gasteiger partial charge >= 0.3 is 0 Å². The van der Waals surface area contributed by atoms with Crippen molar-refractivity contribution in [3.05, 3.63) is 30.3 Å². The minimum Gasteiger partial charge on any atom is -0.385 e. The van der Waals surface area contributed by atoms with Gasteiger partial charge in [0, 0.05) is 58.0 Å². The Morgan fingerprint density at radius 1 is 1.16 bits per heavy atom. The second-order valence-electron chi connectivity index (χ2n) is 6.66. The van der Waals surface area contributed by atoms with Gasteiger partial charge in [0.05, 0.1) is 13.2 Å². The van der Waals surface area contributed by atoms with E-state index in [1.807, 2.05) is 13.1 Å². The van der Waals surface area contributed by atoms with E-state index in [9.17, 15) is 0 Å². The van der Waals surface area contributed by atoms with Crippen molar-refractivity contribution in [1.82, 2.24) is 15.1 Å². The Labute approximate surface area is 151 Å². The molecule has 0 saturated carbocycles. The fourth-order valence-electron chi connectivity index (χ4n) is 3.58. The molecule has 25 heavy (non-hydrogen) atoms. The van der Waals surface area contributed by atoms with Crippen molar-refractivity contribution in [2.24, 2.45) is 4.99 Å². The van der Waals surface area contributed by atoms with Crippen LogP contribution in [0.15, 0.2) is 35.3 Å². The lowest BCUT2D eigenvalue weighted by atomic mass is 10.2. The van der Waals surface area contributed by atoms with Gasteiger partial charge in [-0.1, -0.05) is 18.2 Å². The molecular weight excluding hydrogens is 314 g/mol. The average molecular weight is 345 g/mol. The quantitative estimate of drug-likeness (QED) is 0.465. The highest BCUT2D eigenvalue weighted by Gasteiger charge is 2.30. The lowest BCUT2D eigenvalue weighted by Crippen LogP contribution is -2.46. The normalized spacial score (nSPS) is 22.2. The maximum atomic E-state index is 5.47. The number of likely N-dealkylation sites (tertiary alicyclic amines) is 1. The van der Waals surface area contributed by atoms with Crippen molar-refractivity contribution in [3.8, 4) is 0 Å². The summed E-state index contributed by atoms with van der Waals surface area (Å²) in [6, 6.07) is 11.0. The van der Waals surface area contributed by atoms with E-state index in [1.54, 1.807) is 0 Å². The fraction of sp³-hybridized carbons (Fsp3) is 0.632. The average Bonchev–Trinajstić information content (AvgIpc) is 3.16. The van der Waals surface area contributed by atoms with Crippen LogP contribution in [0.3, 0.4) is 0 Å². The Morgan fingerprint density at radius 2 is 1.96 bits per heavy atom. The Morgan fingerprint density at radius 3 is 2.72 bits per heavy atom. The highest BCUT2D eigenvalue weighted by Crippen LogP contribution is 2.17. The van der Waals surface area contributed by atoms with Crippen LogP contribution in [-0.4, -0.2) is 81.3 Å². The summed E-state index contributed by atoms with van der Waals surface area (Å²) >= 11 is 0. The molecule has 6 nitrogen and oxygen atoms in total. The van der Waals surface area contributed by atoms with Gasteiger partial charge < -0.3 is 20.3 Å². The largest absolute Gasteiger partial charge is 0.385 e. The number of para-hydroxylation sites is 1. The molecule has 138 valence electrons. The van der Waals surface area contributed by atoms with Gasteiger partial charge in [0.15, 0.2) is 5.96 Å². The Balaban J connectivity index is 1.35. The number of aliphatic imine (C=N–C) groups is 1. The van der Waals surface area contributed by atoms with Crippen LogP contribution < -0.4 is 10.6 Å². The molecule has 2 fully saturated rings. The smallest absolute Gasteiger partial charge is 0.193 e. The van der Waals surface area contributed by atoms with Crippen LogP contribution in [0, 0.1) is 0 Å². The number of anilines is 1. The van der Waals surface area contributed by atoms with Gasteiger partial charge in [-0.25, -0.2) is 0 Å². The molecule has 2 aliphatic heterocycles. The third-order valence-electron chi connectivity index (χ3n) is 4.98. The first-order valence-corrected chi connectivity index (χ1v) is 9.43. The summed E-state index contributed by atoms with van der Waals surface area (Å²) in [5.74, 6) is 1.04. The molecule has 1 aromatic carbocycles. The summed E-state index contributed by atoms with van der Waals surface area (Å²) in [4.78, 5) is 9.44. The fourth-order valence-corrected chi connectivity index (χ4v) is 3.58. The number of guanidine groups is 1. The molecular formula is C19H31N5O. The van der Waals surface area contributed by atoms with Crippen molar-refractivity contribution in [1.29, 1.82) is 0 Å². The van der Waals surface area contributed by atoms with E-state index in [2.05, 4.69) is 49.7 Å². The molecule has 2 aliphatic rings. The van der Waals surface area contributed by atoms with Gasteiger partial charge in [-0.2, -0.15) is 0 Å². The monoisotopic (exact) mass is 345 g/mol. The Bertz CT molecular complexity index is 530. The van der Waals surface area contributed by atoms with E-state index in [4.69, 9.17) is 4.74 Å². The zero-order valence-electron chi connectivity index (χ0n) is 15.3. The first-order chi connectivity index (χ1) is 12.4. The van der Waals surface area contributed by atoms with Crippen molar-refractivity contribution in [3.63, 3.8) is 0 Å². The van der Waals surface area contributed by atoms with Crippen LogP contribution in [0.5, 0.6) is 0 Å². The molecule has 2 N–H and O–H groups in total. The highest BCUT2D eigenvalue weighted by atomic mass is 16.5. The van der Waals surface area contributed by atoms with E-state index in [0.29, 0.717) is 6.04 Å². The SMILES string of the molecule is CN=C(NCCCNc1ccccc1)N1CCC(N2CCOCC2)C1. The number of benzene rings is 1. The molecule has 2 saturated heterocycles. The third-order valence-corrected chi connectivity index (χ3v) is 4.98. The van der Waals surface area contributed by atoms with Gasteiger partial charge in [-0.15, -0.1) is 0 Å². The number of nitrogens with one attached hydrogen (secondary N) is 2. The topological polar surface area (TPSA) is 52.1 Å². The zero-order chi connectivity index (χ0) is 17.3. The standard InChI is InChI=1S/C19H31N5O/c1-20-19(22-10-5-9-21-17-6-3-2-4-7-17)24-11-8-18(16-24)23-12-14-25-15-13-23/h2-4,6-7,18,21H,5,8-16H2,1H3,(H,20,22). The van der Waals surface area contributed by atoms with Gasteiger partial charge in [0.2, 0.25) is 0 Å². The van der Waals surface area contributed by atoms with E-state index >= 15 is 0 Å². The molecule has 1 atom stereocenters. The lowest BCUT2D eigenvalue weighted by molar-refractivity contribution is 0.0195. The molecule has 2 heterocycles. The van der Waals surface area contributed by atoms with Crippen LogP contribution in [-0.2, 0) is 4.74 Å². The summed E-state index contributed by atoms with van der Waals surface area (Å²) in [7, 11) is 1.88. The highest BCUT2D eigenvalue weighted by molar-refractivity contribution is 5.80. The van der Waals surface area contributed by atoms with Crippen molar-refractivity contribution >= 4 is 11.6 Å². The van der Waals surface area contributed by atoms with Crippen molar-refractivity contribution in [2.45, 2.75) is 18.9 Å². The van der Waals surface area contributed by atoms with Crippen LogP contribution in [0.2, 0.25) is 0 Å². The molecule has 0 radical (unpaired) electrons. The van der Waals surface area contributed by atoms with Crippen LogP contribution in [0.1, 0.15) is 12.8 Å². The molecule has 1 aromatic rings. The van der Waals surface area contributed by atoms with Crippen LogP contribution >= 0.6 is 0 Å². The van der Waals surface area contributed by atoms with E-state index in [1.165, 1.54) is 12.1 Å². The minimum absolute atomic E-state index is 0.641. The third kappa shape index (κ3) is 5.34. The number of ether oxygens (including phenoxy) is 1.